The molecular formula is C13H12N4OS. The van der Waals surface area contributed by atoms with Crippen LogP contribution in [0.3, 0.4) is 0 Å². The van der Waals surface area contributed by atoms with E-state index < -0.39 is 0 Å². The molecule has 3 rings (SSSR count). The molecule has 6 heteroatoms. The zero-order valence-corrected chi connectivity index (χ0v) is 10.9. The first-order valence-electron chi connectivity index (χ1n) is 5.85. The van der Waals surface area contributed by atoms with Gasteiger partial charge in [-0.1, -0.05) is 35.5 Å². The van der Waals surface area contributed by atoms with Gasteiger partial charge in [0.2, 0.25) is 11.7 Å². The van der Waals surface area contributed by atoms with Crippen LogP contribution >= 0.6 is 11.3 Å². The van der Waals surface area contributed by atoms with Gasteiger partial charge in [0.05, 0.1) is 16.4 Å². The Kier molecular flexibility index (Phi) is 3.35. The van der Waals surface area contributed by atoms with E-state index in [4.69, 9.17) is 10.3 Å². The van der Waals surface area contributed by atoms with Crippen LogP contribution in [-0.4, -0.2) is 15.1 Å². The van der Waals surface area contributed by atoms with Crippen molar-refractivity contribution in [2.45, 2.75) is 12.5 Å². The quantitative estimate of drug-likeness (QED) is 0.789. The lowest BCUT2D eigenvalue weighted by atomic mass is 10.1. The number of hydrogen-bond donors (Lipinski definition) is 1. The summed E-state index contributed by atoms with van der Waals surface area (Å²) in [6, 6.07) is 9.71. The molecule has 0 fully saturated rings. The van der Waals surface area contributed by atoms with Crippen molar-refractivity contribution in [3.8, 4) is 10.7 Å². The molecule has 0 radical (unpaired) electrons. The molecular weight excluding hydrogens is 260 g/mol. The van der Waals surface area contributed by atoms with Crippen LogP contribution in [0.5, 0.6) is 0 Å². The third kappa shape index (κ3) is 2.69. The Bertz CT molecular complexity index is 636. The Morgan fingerprint density at radius 1 is 1.26 bits per heavy atom. The van der Waals surface area contributed by atoms with Crippen molar-refractivity contribution in [2.75, 3.05) is 0 Å². The van der Waals surface area contributed by atoms with Crippen molar-refractivity contribution >= 4 is 11.3 Å². The molecule has 1 aromatic carbocycles. The zero-order valence-electron chi connectivity index (χ0n) is 10.1. The van der Waals surface area contributed by atoms with E-state index in [1.165, 1.54) is 11.3 Å². The second kappa shape index (κ2) is 5.29. The molecule has 0 saturated carbocycles. The van der Waals surface area contributed by atoms with Crippen molar-refractivity contribution in [1.29, 1.82) is 0 Å². The van der Waals surface area contributed by atoms with Crippen molar-refractivity contribution in [1.82, 2.24) is 15.1 Å². The molecule has 0 aliphatic heterocycles. The molecule has 3 aromatic rings. The van der Waals surface area contributed by atoms with Crippen molar-refractivity contribution in [2.24, 2.45) is 5.73 Å². The summed E-state index contributed by atoms with van der Waals surface area (Å²) in [5.74, 6) is 0.994. The Labute approximate surface area is 114 Å². The molecule has 0 aliphatic carbocycles. The van der Waals surface area contributed by atoms with Crippen molar-refractivity contribution in [3.63, 3.8) is 0 Å². The summed E-state index contributed by atoms with van der Waals surface area (Å²) in [6.45, 7) is 0. The van der Waals surface area contributed by atoms with Gasteiger partial charge in [0.25, 0.3) is 0 Å². The summed E-state index contributed by atoms with van der Waals surface area (Å²) in [5, 5.41) is 3.93. The molecule has 96 valence electrons. The number of nitrogens with zero attached hydrogens (tertiary/aromatic N) is 3. The second-order valence-corrected chi connectivity index (χ2v) is 5.00. The summed E-state index contributed by atoms with van der Waals surface area (Å²) in [6.07, 6.45) is 2.38. The Balaban J connectivity index is 1.76. The lowest BCUT2D eigenvalue weighted by Crippen LogP contribution is -2.13. The van der Waals surface area contributed by atoms with Gasteiger partial charge in [-0.3, -0.25) is 4.98 Å². The number of benzene rings is 1. The van der Waals surface area contributed by atoms with Gasteiger partial charge in [-0.05, 0) is 12.0 Å². The fourth-order valence-corrected chi connectivity index (χ4v) is 2.31. The lowest BCUT2D eigenvalue weighted by molar-refractivity contribution is 0.354. The minimum atomic E-state index is -0.295. The lowest BCUT2D eigenvalue weighted by Gasteiger charge is -2.05. The van der Waals surface area contributed by atoms with Gasteiger partial charge < -0.3 is 10.3 Å². The fourth-order valence-electron chi connectivity index (χ4n) is 1.77. The molecule has 0 spiro atoms. The summed E-state index contributed by atoms with van der Waals surface area (Å²) >= 11 is 1.47. The number of nitrogens with two attached hydrogens (primary N) is 1. The highest BCUT2D eigenvalue weighted by atomic mass is 32.1. The van der Waals surface area contributed by atoms with Gasteiger partial charge in [-0.15, -0.1) is 11.3 Å². The Morgan fingerprint density at radius 3 is 2.84 bits per heavy atom. The number of aromatic nitrogens is 3. The van der Waals surface area contributed by atoms with E-state index in [9.17, 15) is 0 Å². The number of hydrogen-bond acceptors (Lipinski definition) is 6. The SMILES string of the molecule is NC(Cc1ccccc1)c1nc(-c2cncs2)no1. The smallest absolute Gasteiger partial charge is 0.244 e. The minimum absolute atomic E-state index is 0.295. The first-order chi connectivity index (χ1) is 9.33. The van der Waals surface area contributed by atoms with Gasteiger partial charge >= 0.3 is 0 Å². The summed E-state index contributed by atoms with van der Waals surface area (Å²) in [7, 11) is 0. The Morgan fingerprint density at radius 2 is 2.11 bits per heavy atom. The van der Waals surface area contributed by atoms with E-state index in [1.54, 1.807) is 11.7 Å². The van der Waals surface area contributed by atoms with E-state index in [1.807, 2.05) is 30.3 Å². The maximum absolute atomic E-state index is 6.09. The van der Waals surface area contributed by atoms with Crippen LogP contribution < -0.4 is 5.73 Å². The van der Waals surface area contributed by atoms with Gasteiger partial charge in [-0.2, -0.15) is 4.98 Å². The largest absolute Gasteiger partial charge is 0.337 e. The molecule has 0 bridgehead atoms. The first kappa shape index (κ1) is 12.0. The third-order valence-corrected chi connectivity index (χ3v) is 3.48. The van der Waals surface area contributed by atoms with Crippen LogP contribution in [0, 0.1) is 0 Å². The van der Waals surface area contributed by atoms with Gasteiger partial charge in [0.15, 0.2) is 0 Å². The molecule has 0 saturated heterocycles. The summed E-state index contributed by atoms with van der Waals surface area (Å²) in [4.78, 5) is 9.18. The first-order valence-corrected chi connectivity index (χ1v) is 6.73. The highest BCUT2D eigenvalue weighted by Gasteiger charge is 2.16. The molecule has 0 amide bonds. The van der Waals surface area contributed by atoms with Crippen LogP contribution in [0.15, 0.2) is 46.6 Å². The second-order valence-electron chi connectivity index (χ2n) is 4.12. The zero-order chi connectivity index (χ0) is 13.1. The normalized spacial score (nSPS) is 12.5. The van der Waals surface area contributed by atoms with Crippen LogP contribution in [0.25, 0.3) is 10.7 Å². The van der Waals surface area contributed by atoms with Crippen LogP contribution in [0.1, 0.15) is 17.5 Å². The maximum Gasteiger partial charge on any atom is 0.244 e. The molecule has 5 nitrogen and oxygen atoms in total. The average Bonchev–Trinajstić information content (AvgIpc) is 3.11. The summed E-state index contributed by atoms with van der Waals surface area (Å²) < 4.78 is 5.22. The molecule has 2 aromatic heterocycles. The van der Waals surface area contributed by atoms with Gasteiger partial charge in [-0.25, -0.2) is 0 Å². The van der Waals surface area contributed by atoms with Crippen molar-refractivity contribution in [3.05, 3.63) is 53.5 Å². The van der Waals surface area contributed by atoms with E-state index in [2.05, 4.69) is 15.1 Å². The molecule has 1 atom stereocenters. The van der Waals surface area contributed by atoms with E-state index in [-0.39, 0.29) is 6.04 Å². The molecule has 2 N–H and O–H groups in total. The highest BCUT2D eigenvalue weighted by Crippen LogP contribution is 2.22. The third-order valence-electron chi connectivity index (χ3n) is 2.71. The van der Waals surface area contributed by atoms with Crippen LogP contribution in [0.4, 0.5) is 0 Å². The standard InChI is InChI=1S/C13H12N4OS/c14-10(6-9-4-2-1-3-5-9)13-16-12(17-18-13)11-7-15-8-19-11/h1-5,7-8,10H,6,14H2. The number of thiazole rings is 1. The van der Waals surface area contributed by atoms with Gasteiger partial charge in [0, 0.05) is 6.20 Å². The predicted molar refractivity (Wildman–Crippen MR) is 72.5 cm³/mol. The van der Waals surface area contributed by atoms with Crippen LogP contribution in [-0.2, 0) is 6.42 Å². The monoisotopic (exact) mass is 272 g/mol. The average molecular weight is 272 g/mol. The Hall–Kier alpha value is -2.05. The van der Waals surface area contributed by atoms with E-state index in [0.29, 0.717) is 18.1 Å². The van der Waals surface area contributed by atoms with E-state index >= 15 is 0 Å². The van der Waals surface area contributed by atoms with Crippen molar-refractivity contribution < 1.29 is 4.52 Å². The van der Waals surface area contributed by atoms with E-state index in [0.717, 1.165) is 10.4 Å². The maximum atomic E-state index is 6.09. The molecule has 1 unspecified atom stereocenters. The minimum Gasteiger partial charge on any atom is -0.337 e. The topological polar surface area (TPSA) is 77.8 Å². The number of rotatable bonds is 4. The highest BCUT2D eigenvalue weighted by molar-refractivity contribution is 7.13. The predicted octanol–water partition coefficient (Wildman–Crippen LogP) is 2.44. The fraction of sp³-hybridized carbons (Fsp3) is 0.154. The van der Waals surface area contributed by atoms with Crippen LogP contribution in [0.2, 0.25) is 0 Å². The molecule has 19 heavy (non-hydrogen) atoms. The molecule has 2 heterocycles. The molecule has 0 aliphatic rings. The summed E-state index contributed by atoms with van der Waals surface area (Å²) in [5.41, 5.74) is 8.96. The van der Waals surface area contributed by atoms with Gasteiger partial charge in [0.1, 0.15) is 0 Å².